The number of aromatic nitrogens is 2. The molecule has 43 heavy (non-hydrogen) atoms. The molecular formula is C35H34N4O4. The molecule has 0 spiro atoms. The second-order valence-corrected chi connectivity index (χ2v) is 11.1. The van der Waals surface area contributed by atoms with Crippen LogP contribution in [0.1, 0.15) is 40.9 Å². The summed E-state index contributed by atoms with van der Waals surface area (Å²) in [6.45, 7) is 4.38. The maximum Gasteiger partial charge on any atom is 0.253 e. The Kier molecular flexibility index (Phi) is 7.66. The third-order valence-corrected chi connectivity index (χ3v) is 7.94. The van der Waals surface area contributed by atoms with Gasteiger partial charge in [0.15, 0.2) is 11.5 Å². The van der Waals surface area contributed by atoms with E-state index in [1.807, 2.05) is 80.7 Å². The minimum atomic E-state index is -0.496. The van der Waals surface area contributed by atoms with Gasteiger partial charge in [-0.25, -0.2) is 0 Å². The van der Waals surface area contributed by atoms with Crippen molar-refractivity contribution in [3.63, 3.8) is 0 Å². The van der Waals surface area contributed by atoms with Gasteiger partial charge in [-0.3, -0.25) is 4.79 Å². The van der Waals surface area contributed by atoms with E-state index in [-0.39, 0.29) is 18.6 Å². The number of amides is 1. The zero-order chi connectivity index (χ0) is 30.1. The minimum absolute atomic E-state index is 0.0412. The minimum Gasteiger partial charge on any atom is -0.493 e. The van der Waals surface area contributed by atoms with Crippen LogP contribution < -0.4 is 14.8 Å². The first kappa shape index (κ1) is 28.1. The predicted molar refractivity (Wildman–Crippen MR) is 166 cm³/mol. The highest BCUT2D eigenvalue weighted by Crippen LogP contribution is 2.43. The van der Waals surface area contributed by atoms with Gasteiger partial charge in [0.25, 0.3) is 5.91 Å². The van der Waals surface area contributed by atoms with Crippen LogP contribution in [0.15, 0.2) is 72.9 Å². The van der Waals surface area contributed by atoms with Gasteiger partial charge in [0, 0.05) is 40.5 Å². The average Bonchev–Trinajstić information content (AvgIpc) is 3.62. The maximum atomic E-state index is 14.0. The van der Waals surface area contributed by atoms with Gasteiger partial charge in [0.05, 0.1) is 48.8 Å². The van der Waals surface area contributed by atoms with E-state index in [1.165, 1.54) is 0 Å². The summed E-state index contributed by atoms with van der Waals surface area (Å²) in [4.78, 5) is 17.3. The molecule has 2 aromatic heterocycles. The predicted octanol–water partition coefficient (Wildman–Crippen LogP) is 5.86. The van der Waals surface area contributed by atoms with Gasteiger partial charge in [-0.15, -0.1) is 0 Å². The molecular weight excluding hydrogens is 540 g/mol. The van der Waals surface area contributed by atoms with E-state index in [1.54, 1.807) is 13.2 Å². The Bertz CT molecular complexity index is 1860. The smallest absolute Gasteiger partial charge is 0.253 e. The summed E-state index contributed by atoms with van der Waals surface area (Å²) in [5, 5.41) is 24.1. The number of nitriles is 1. The van der Waals surface area contributed by atoms with Crippen LogP contribution in [0, 0.1) is 11.3 Å². The molecule has 1 aliphatic rings. The van der Waals surface area contributed by atoms with Crippen molar-refractivity contribution in [2.75, 3.05) is 13.7 Å². The largest absolute Gasteiger partial charge is 0.493 e. The number of benzene rings is 3. The number of para-hydroxylation sites is 1. The zero-order valence-electron chi connectivity index (χ0n) is 24.5. The summed E-state index contributed by atoms with van der Waals surface area (Å²) >= 11 is 0. The number of aliphatic hydroxyl groups excluding tert-OH is 1. The third kappa shape index (κ3) is 5.36. The number of aryl methyl sites for hydroxylation is 1. The van der Waals surface area contributed by atoms with E-state index in [2.05, 4.69) is 20.9 Å². The van der Waals surface area contributed by atoms with E-state index >= 15 is 0 Å². The second kappa shape index (κ2) is 11.7. The summed E-state index contributed by atoms with van der Waals surface area (Å²) in [6.07, 6.45) is 3.09. The first-order chi connectivity index (χ1) is 20.9. The van der Waals surface area contributed by atoms with Gasteiger partial charge < -0.3 is 29.4 Å². The molecule has 1 atom stereocenters. The standard InChI is InChI=1S/C35H34N4O4/c1-21(2)43-33-17-28-23(15-32(33)42-3)11-12-39-31(28)16-29(34(39)24-8-6-7-22(13-24)18-36)35(41)38-26(20-40)14-25-19-37-30-10-5-4-9-27(25)30/h4-10,13,15-17,19,21,26,37,40H,11-12,14,20H2,1-3H3,(H,38,41)/t26-/m1/s1. The fraction of sp³-hybridized carbons (Fsp3) is 0.257. The number of H-pyrrole nitrogens is 1. The number of carbonyl (C=O) groups is 1. The Hall–Kier alpha value is -5.00. The summed E-state index contributed by atoms with van der Waals surface area (Å²) in [5.41, 5.74) is 7.51. The Labute approximate surface area is 250 Å². The highest BCUT2D eigenvalue weighted by molar-refractivity contribution is 6.02. The van der Waals surface area contributed by atoms with Crippen molar-refractivity contribution in [2.24, 2.45) is 0 Å². The van der Waals surface area contributed by atoms with E-state index in [4.69, 9.17) is 9.47 Å². The van der Waals surface area contributed by atoms with E-state index < -0.39 is 6.04 Å². The number of fused-ring (bicyclic) bond motifs is 4. The van der Waals surface area contributed by atoms with Gasteiger partial charge in [-0.05, 0) is 74.2 Å². The number of carbonyl (C=O) groups excluding carboxylic acids is 1. The van der Waals surface area contributed by atoms with Crippen LogP contribution in [-0.4, -0.2) is 46.4 Å². The SMILES string of the molecule is COc1cc2c(cc1OC(C)C)-c1cc(C(=O)N[C@@H](CO)Cc3c[nH]c4ccccc34)c(-c3cccc(C#N)c3)n1CC2. The molecule has 3 heterocycles. The quantitative estimate of drug-likeness (QED) is 0.204. The van der Waals surface area contributed by atoms with Gasteiger partial charge in [0.2, 0.25) is 0 Å². The lowest BCUT2D eigenvalue weighted by molar-refractivity contribution is 0.0917. The highest BCUT2D eigenvalue weighted by atomic mass is 16.5. The van der Waals surface area contributed by atoms with Crippen LogP contribution in [0.5, 0.6) is 11.5 Å². The molecule has 8 nitrogen and oxygen atoms in total. The molecule has 0 unspecified atom stereocenters. The fourth-order valence-electron chi connectivity index (χ4n) is 6.00. The van der Waals surface area contributed by atoms with Crippen LogP contribution >= 0.6 is 0 Å². The van der Waals surface area contributed by atoms with Crippen molar-refractivity contribution in [3.05, 3.63) is 95.2 Å². The van der Waals surface area contributed by atoms with Crippen molar-refractivity contribution in [1.29, 1.82) is 5.26 Å². The Morgan fingerprint density at radius 3 is 2.72 bits per heavy atom. The monoisotopic (exact) mass is 574 g/mol. The van der Waals surface area contributed by atoms with Gasteiger partial charge >= 0.3 is 0 Å². The highest BCUT2D eigenvalue weighted by Gasteiger charge is 2.29. The van der Waals surface area contributed by atoms with Gasteiger partial charge in [-0.2, -0.15) is 5.26 Å². The van der Waals surface area contributed by atoms with Crippen LogP contribution in [-0.2, 0) is 19.4 Å². The van der Waals surface area contributed by atoms with E-state index in [0.29, 0.717) is 35.6 Å². The molecule has 0 saturated carbocycles. The van der Waals surface area contributed by atoms with Crippen molar-refractivity contribution >= 4 is 16.8 Å². The van der Waals surface area contributed by atoms with Crippen molar-refractivity contribution in [3.8, 4) is 40.1 Å². The number of ether oxygens (including phenoxy) is 2. The van der Waals surface area contributed by atoms with E-state index in [0.717, 1.165) is 51.0 Å². The van der Waals surface area contributed by atoms with Crippen LogP contribution in [0.2, 0.25) is 0 Å². The molecule has 0 radical (unpaired) electrons. The number of aromatic amines is 1. The summed E-state index contributed by atoms with van der Waals surface area (Å²) < 4.78 is 13.9. The first-order valence-electron chi connectivity index (χ1n) is 14.5. The molecule has 1 aliphatic heterocycles. The van der Waals surface area contributed by atoms with Gasteiger partial charge in [0.1, 0.15) is 0 Å². The Balaban J connectivity index is 1.42. The molecule has 218 valence electrons. The lowest BCUT2D eigenvalue weighted by atomic mass is 9.97. The Morgan fingerprint density at radius 1 is 1.12 bits per heavy atom. The van der Waals surface area contributed by atoms with E-state index in [9.17, 15) is 15.2 Å². The topological polar surface area (TPSA) is 112 Å². The number of aliphatic hydroxyl groups is 1. The second-order valence-electron chi connectivity index (χ2n) is 11.1. The Morgan fingerprint density at radius 2 is 1.95 bits per heavy atom. The summed E-state index contributed by atoms with van der Waals surface area (Å²) in [7, 11) is 1.64. The number of rotatable bonds is 9. The molecule has 0 saturated heterocycles. The molecule has 5 aromatic rings. The molecule has 1 amide bonds. The summed E-state index contributed by atoms with van der Waals surface area (Å²) in [6, 6.07) is 22.9. The maximum absolute atomic E-state index is 14.0. The van der Waals surface area contributed by atoms with Crippen LogP contribution in [0.25, 0.3) is 33.4 Å². The third-order valence-electron chi connectivity index (χ3n) is 7.94. The number of hydrogen-bond donors (Lipinski definition) is 3. The first-order valence-corrected chi connectivity index (χ1v) is 14.5. The number of nitrogens with zero attached hydrogens (tertiary/aromatic N) is 2. The number of methoxy groups -OCH3 is 1. The fourth-order valence-corrected chi connectivity index (χ4v) is 6.00. The van der Waals surface area contributed by atoms with Crippen molar-refractivity contribution in [2.45, 2.75) is 45.4 Å². The molecule has 0 bridgehead atoms. The molecule has 0 fully saturated rings. The number of nitrogens with one attached hydrogen (secondary N) is 2. The summed E-state index contributed by atoms with van der Waals surface area (Å²) in [5.74, 6) is 1.03. The molecule has 6 rings (SSSR count). The molecule has 0 aliphatic carbocycles. The molecule has 3 N–H and O–H groups in total. The van der Waals surface area contributed by atoms with Crippen LogP contribution in [0.4, 0.5) is 0 Å². The van der Waals surface area contributed by atoms with Crippen molar-refractivity contribution in [1.82, 2.24) is 14.9 Å². The zero-order valence-corrected chi connectivity index (χ0v) is 24.5. The molecule has 3 aromatic carbocycles. The van der Waals surface area contributed by atoms with Crippen LogP contribution in [0.3, 0.4) is 0 Å². The normalized spacial score (nSPS) is 12.8. The number of hydrogen-bond acceptors (Lipinski definition) is 5. The molecule has 8 heteroatoms. The average molecular weight is 575 g/mol. The lowest BCUT2D eigenvalue weighted by Gasteiger charge is -2.24. The van der Waals surface area contributed by atoms with Gasteiger partial charge in [-0.1, -0.05) is 30.3 Å². The lowest BCUT2D eigenvalue weighted by Crippen LogP contribution is -2.39. The van der Waals surface area contributed by atoms with Crippen molar-refractivity contribution < 1.29 is 19.4 Å².